The maximum atomic E-state index is 13.3. The molecule has 1 amide bonds. The Balaban J connectivity index is 1.87. The van der Waals surface area contributed by atoms with E-state index < -0.39 is 5.91 Å². The fourth-order valence-electron chi connectivity index (χ4n) is 3.05. The summed E-state index contributed by atoms with van der Waals surface area (Å²) in [6, 6.07) is 19.9. The lowest BCUT2D eigenvalue weighted by Gasteiger charge is -2.12. The monoisotopic (exact) mass is 373 g/mol. The second kappa shape index (κ2) is 7.08. The first-order valence-corrected chi connectivity index (χ1v) is 8.69. The SMILES string of the molecule is Cc1cc(F)ccc1NC(=O)c1nn(-c2ccccc2)c(=O)c2ccccc12. The van der Waals surface area contributed by atoms with Gasteiger partial charge >= 0.3 is 0 Å². The van der Waals surface area contributed by atoms with E-state index in [1.807, 2.05) is 6.07 Å². The summed E-state index contributed by atoms with van der Waals surface area (Å²) < 4.78 is 14.6. The number of hydrogen-bond acceptors (Lipinski definition) is 3. The van der Waals surface area contributed by atoms with Crippen LogP contribution in [0.25, 0.3) is 16.5 Å². The highest BCUT2D eigenvalue weighted by atomic mass is 19.1. The number of rotatable bonds is 3. The van der Waals surface area contributed by atoms with Crippen LogP contribution in [0.3, 0.4) is 0 Å². The zero-order valence-corrected chi connectivity index (χ0v) is 15.0. The minimum absolute atomic E-state index is 0.114. The van der Waals surface area contributed by atoms with Crippen LogP contribution in [-0.2, 0) is 0 Å². The number of anilines is 1. The Bertz CT molecular complexity index is 1250. The number of halogens is 1. The predicted molar refractivity (Wildman–Crippen MR) is 106 cm³/mol. The molecule has 28 heavy (non-hydrogen) atoms. The van der Waals surface area contributed by atoms with E-state index in [1.165, 1.54) is 22.9 Å². The van der Waals surface area contributed by atoms with Crippen LogP contribution in [0.15, 0.2) is 77.6 Å². The summed E-state index contributed by atoms with van der Waals surface area (Å²) in [6.45, 7) is 1.70. The number of carbonyl (C=O) groups is 1. The number of nitrogens with one attached hydrogen (secondary N) is 1. The summed E-state index contributed by atoms with van der Waals surface area (Å²) >= 11 is 0. The van der Waals surface area contributed by atoms with E-state index in [0.29, 0.717) is 27.7 Å². The van der Waals surface area contributed by atoms with Crippen molar-refractivity contribution in [2.75, 3.05) is 5.32 Å². The Morgan fingerprint density at radius 2 is 1.64 bits per heavy atom. The Morgan fingerprint density at radius 3 is 2.36 bits per heavy atom. The van der Waals surface area contributed by atoms with Crippen LogP contribution in [0.4, 0.5) is 10.1 Å². The number of benzene rings is 3. The molecule has 4 aromatic rings. The highest BCUT2D eigenvalue weighted by Crippen LogP contribution is 2.19. The van der Waals surface area contributed by atoms with Crippen molar-refractivity contribution in [2.24, 2.45) is 0 Å². The maximum Gasteiger partial charge on any atom is 0.279 e. The quantitative estimate of drug-likeness (QED) is 0.588. The minimum Gasteiger partial charge on any atom is -0.320 e. The third-order valence-corrected chi connectivity index (χ3v) is 4.46. The number of amides is 1. The molecule has 6 heteroatoms. The lowest BCUT2D eigenvalue weighted by atomic mass is 10.1. The molecule has 0 spiro atoms. The van der Waals surface area contributed by atoms with Crippen molar-refractivity contribution in [2.45, 2.75) is 6.92 Å². The lowest BCUT2D eigenvalue weighted by Crippen LogP contribution is -2.26. The Hall–Kier alpha value is -3.80. The molecule has 0 radical (unpaired) electrons. The number of nitrogens with zero attached hydrogens (tertiary/aromatic N) is 2. The van der Waals surface area contributed by atoms with Crippen molar-refractivity contribution >= 4 is 22.4 Å². The summed E-state index contributed by atoms with van der Waals surface area (Å²) in [4.78, 5) is 25.9. The van der Waals surface area contributed by atoms with Crippen LogP contribution in [-0.4, -0.2) is 15.7 Å². The van der Waals surface area contributed by atoms with Crippen molar-refractivity contribution in [3.63, 3.8) is 0 Å². The molecule has 0 bridgehead atoms. The fourth-order valence-corrected chi connectivity index (χ4v) is 3.05. The lowest BCUT2D eigenvalue weighted by molar-refractivity contribution is 0.102. The molecule has 0 fully saturated rings. The van der Waals surface area contributed by atoms with Crippen LogP contribution < -0.4 is 10.9 Å². The van der Waals surface area contributed by atoms with Crippen LogP contribution >= 0.6 is 0 Å². The van der Waals surface area contributed by atoms with Crippen molar-refractivity contribution in [3.05, 3.63) is 100 Å². The molecule has 1 heterocycles. The van der Waals surface area contributed by atoms with E-state index >= 15 is 0 Å². The predicted octanol–water partition coefficient (Wildman–Crippen LogP) is 4.09. The molecule has 0 saturated heterocycles. The van der Waals surface area contributed by atoms with Gasteiger partial charge in [-0.3, -0.25) is 9.59 Å². The highest BCUT2D eigenvalue weighted by molar-refractivity contribution is 6.11. The van der Waals surface area contributed by atoms with Crippen molar-refractivity contribution in [3.8, 4) is 5.69 Å². The highest BCUT2D eigenvalue weighted by Gasteiger charge is 2.18. The van der Waals surface area contributed by atoms with Gasteiger partial charge in [-0.2, -0.15) is 9.78 Å². The Labute approximate surface area is 160 Å². The summed E-state index contributed by atoms with van der Waals surface area (Å²) in [5.74, 6) is -0.854. The molecule has 0 atom stereocenters. The van der Waals surface area contributed by atoms with E-state index in [0.717, 1.165) is 0 Å². The molecule has 1 aromatic heterocycles. The molecule has 1 N–H and O–H groups in total. The fraction of sp³-hybridized carbons (Fsp3) is 0.0455. The smallest absolute Gasteiger partial charge is 0.279 e. The number of aryl methyl sites for hydroxylation is 1. The summed E-state index contributed by atoms with van der Waals surface area (Å²) in [5, 5.41) is 7.94. The third-order valence-electron chi connectivity index (χ3n) is 4.46. The van der Waals surface area contributed by atoms with Crippen molar-refractivity contribution in [1.82, 2.24) is 9.78 Å². The standard InChI is InChI=1S/C22H16FN3O2/c1-14-13-15(23)11-12-19(14)24-21(27)20-17-9-5-6-10-18(17)22(28)26(25-20)16-7-3-2-4-8-16/h2-13H,1H3,(H,24,27). The van der Waals surface area contributed by atoms with Crippen molar-refractivity contribution in [1.29, 1.82) is 0 Å². The summed E-state index contributed by atoms with van der Waals surface area (Å²) in [6.07, 6.45) is 0. The van der Waals surface area contributed by atoms with Gasteiger partial charge < -0.3 is 5.32 Å². The van der Waals surface area contributed by atoms with E-state index in [4.69, 9.17) is 0 Å². The van der Waals surface area contributed by atoms with Gasteiger partial charge in [0.1, 0.15) is 5.82 Å². The zero-order chi connectivity index (χ0) is 19.7. The van der Waals surface area contributed by atoms with Crippen LogP contribution in [0, 0.1) is 12.7 Å². The van der Waals surface area contributed by atoms with E-state index in [9.17, 15) is 14.0 Å². The van der Waals surface area contributed by atoms with E-state index in [2.05, 4.69) is 10.4 Å². The van der Waals surface area contributed by atoms with Gasteiger partial charge in [0.25, 0.3) is 11.5 Å². The van der Waals surface area contributed by atoms with Gasteiger partial charge in [0, 0.05) is 11.1 Å². The first-order valence-electron chi connectivity index (χ1n) is 8.69. The van der Waals surface area contributed by atoms with Gasteiger partial charge in [-0.25, -0.2) is 4.39 Å². The van der Waals surface area contributed by atoms with Gasteiger partial charge in [-0.15, -0.1) is 0 Å². The molecule has 3 aromatic carbocycles. The number of hydrogen-bond donors (Lipinski definition) is 1. The van der Waals surface area contributed by atoms with Crippen LogP contribution in [0.1, 0.15) is 16.1 Å². The molecular formula is C22H16FN3O2. The first-order chi connectivity index (χ1) is 13.5. The molecule has 0 aliphatic heterocycles. The second-order valence-corrected chi connectivity index (χ2v) is 6.36. The molecule has 0 aliphatic rings. The number of aromatic nitrogens is 2. The second-order valence-electron chi connectivity index (χ2n) is 6.36. The maximum absolute atomic E-state index is 13.3. The number of carbonyl (C=O) groups excluding carboxylic acids is 1. The normalized spacial score (nSPS) is 10.8. The number of para-hydroxylation sites is 1. The molecular weight excluding hydrogens is 357 g/mol. The van der Waals surface area contributed by atoms with Gasteiger partial charge in [0.15, 0.2) is 5.69 Å². The van der Waals surface area contributed by atoms with E-state index in [-0.39, 0.29) is 17.1 Å². The Morgan fingerprint density at radius 1 is 0.964 bits per heavy atom. The molecule has 138 valence electrons. The van der Waals surface area contributed by atoms with Crippen molar-refractivity contribution < 1.29 is 9.18 Å². The summed E-state index contributed by atoms with van der Waals surface area (Å²) in [5.41, 5.74) is 1.44. The average molecular weight is 373 g/mol. The molecule has 0 saturated carbocycles. The average Bonchev–Trinajstić information content (AvgIpc) is 2.71. The summed E-state index contributed by atoms with van der Waals surface area (Å²) in [7, 11) is 0. The topological polar surface area (TPSA) is 64.0 Å². The van der Waals surface area contributed by atoms with Gasteiger partial charge in [0.05, 0.1) is 11.1 Å². The minimum atomic E-state index is -0.476. The van der Waals surface area contributed by atoms with Gasteiger partial charge in [-0.1, -0.05) is 36.4 Å². The zero-order valence-electron chi connectivity index (χ0n) is 15.0. The first kappa shape index (κ1) is 17.6. The Kier molecular flexibility index (Phi) is 4.45. The molecule has 4 rings (SSSR count). The third kappa shape index (κ3) is 3.16. The van der Waals surface area contributed by atoms with Gasteiger partial charge in [-0.05, 0) is 48.9 Å². The molecule has 0 aliphatic carbocycles. The number of fused-ring (bicyclic) bond motifs is 1. The molecule has 5 nitrogen and oxygen atoms in total. The van der Waals surface area contributed by atoms with Crippen LogP contribution in [0.2, 0.25) is 0 Å². The largest absolute Gasteiger partial charge is 0.320 e. The van der Waals surface area contributed by atoms with Gasteiger partial charge in [0.2, 0.25) is 0 Å². The van der Waals surface area contributed by atoms with E-state index in [1.54, 1.807) is 55.5 Å². The molecule has 0 unspecified atom stereocenters. The van der Waals surface area contributed by atoms with Crippen LogP contribution in [0.5, 0.6) is 0 Å².